The van der Waals surface area contributed by atoms with Crippen LogP contribution >= 0.6 is 0 Å². The van der Waals surface area contributed by atoms with Crippen molar-refractivity contribution in [3.63, 3.8) is 0 Å². The van der Waals surface area contributed by atoms with Gasteiger partial charge in [0.15, 0.2) is 0 Å². The zero-order valence-electron chi connectivity index (χ0n) is 8.55. The van der Waals surface area contributed by atoms with Gasteiger partial charge in [-0.2, -0.15) is 0 Å². The Morgan fingerprint density at radius 1 is 1.25 bits per heavy atom. The van der Waals surface area contributed by atoms with Crippen molar-refractivity contribution >= 4 is 5.82 Å². The molecule has 0 aliphatic heterocycles. The molecule has 0 saturated heterocycles. The molecule has 0 fully saturated rings. The van der Waals surface area contributed by atoms with E-state index in [9.17, 15) is 4.79 Å². The number of nitrogens with zero attached hydrogens (tertiary/aromatic N) is 1. The maximum atomic E-state index is 11.2. The van der Waals surface area contributed by atoms with Gasteiger partial charge in [-0.15, -0.1) is 0 Å². The highest BCUT2D eigenvalue weighted by molar-refractivity contribution is 5.30. The molecule has 1 atom stereocenters. The van der Waals surface area contributed by atoms with Gasteiger partial charge in [-0.1, -0.05) is 30.3 Å². The molecular weight excluding hydrogens is 204 g/mol. The summed E-state index contributed by atoms with van der Waals surface area (Å²) in [6, 6.07) is 10.1. The fourth-order valence-corrected chi connectivity index (χ4v) is 1.46. The third-order valence-electron chi connectivity index (χ3n) is 2.23. The fraction of sp³-hybridized carbons (Fsp3) is 0.0909. The van der Waals surface area contributed by atoms with Crippen LogP contribution in [0.25, 0.3) is 0 Å². The normalized spacial score (nSPS) is 12.3. The molecule has 0 spiro atoms. The van der Waals surface area contributed by atoms with E-state index in [-0.39, 0.29) is 11.4 Å². The molecule has 5 N–H and O–H groups in total. The van der Waals surface area contributed by atoms with E-state index in [0.29, 0.717) is 5.82 Å². The predicted molar refractivity (Wildman–Crippen MR) is 61.7 cm³/mol. The molecule has 5 nitrogen and oxygen atoms in total. The lowest BCUT2D eigenvalue weighted by Crippen LogP contribution is -2.21. The van der Waals surface area contributed by atoms with Gasteiger partial charge < -0.3 is 16.5 Å². The second-order valence-corrected chi connectivity index (χ2v) is 3.44. The quantitative estimate of drug-likeness (QED) is 0.676. The molecule has 1 unspecified atom stereocenters. The zero-order valence-corrected chi connectivity index (χ0v) is 8.55. The van der Waals surface area contributed by atoms with Crippen LogP contribution in [-0.2, 0) is 0 Å². The Morgan fingerprint density at radius 3 is 2.56 bits per heavy atom. The van der Waals surface area contributed by atoms with Crippen molar-refractivity contribution in [2.45, 2.75) is 6.04 Å². The molecule has 0 saturated carbocycles. The Morgan fingerprint density at radius 2 is 1.94 bits per heavy atom. The van der Waals surface area contributed by atoms with Crippen molar-refractivity contribution in [1.29, 1.82) is 0 Å². The van der Waals surface area contributed by atoms with Gasteiger partial charge in [0.2, 0.25) is 0 Å². The molecule has 1 aromatic carbocycles. The largest absolute Gasteiger partial charge is 0.383 e. The van der Waals surface area contributed by atoms with Crippen LogP contribution in [0.3, 0.4) is 0 Å². The Balaban J connectivity index is 2.41. The molecule has 0 amide bonds. The van der Waals surface area contributed by atoms with Crippen molar-refractivity contribution in [1.82, 2.24) is 9.97 Å². The standard InChI is InChI=1S/C11H12N4O/c12-8-6-9(16)15-11(14-8)10(13)7-4-2-1-3-5-7/h1-6,10H,13H2,(H3,12,14,15,16). The zero-order chi connectivity index (χ0) is 11.5. The molecule has 0 radical (unpaired) electrons. The van der Waals surface area contributed by atoms with Crippen LogP contribution in [0.1, 0.15) is 17.4 Å². The van der Waals surface area contributed by atoms with Gasteiger partial charge in [0.1, 0.15) is 11.6 Å². The van der Waals surface area contributed by atoms with Crippen LogP contribution in [-0.4, -0.2) is 9.97 Å². The number of nitrogens with one attached hydrogen (secondary N) is 1. The number of rotatable bonds is 2. The Bertz CT molecular complexity index is 535. The molecule has 0 aliphatic rings. The number of benzene rings is 1. The van der Waals surface area contributed by atoms with E-state index in [1.807, 2.05) is 30.3 Å². The fourth-order valence-electron chi connectivity index (χ4n) is 1.46. The summed E-state index contributed by atoms with van der Waals surface area (Å²) in [5.74, 6) is 0.543. The Hall–Kier alpha value is -2.14. The van der Waals surface area contributed by atoms with Crippen LogP contribution in [0, 0.1) is 0 Å². The number of aromatic nitrogens is 2. The molecule has 0 bridgehead atoms. The summed E-state index contributed by atoms with van der Waals surface area (Å²) in [5, 5.41) is 0. The second-order valence-electron chi connectivity index (χ2n) is 3.44. The summed E-state index contributed by atoms with van der Waals surface area (Å²) in [4.78, 5) is 17.8. The number of H-pyrrole nitrogens is 1. The van der Waals surface area contributed by atoms with Gasteiger partial charge in [-0.25, -0.2) is 4.98 Å². The molecule has 5 heteroatoms. The van der Waals surface area contributed by atoms with Gasteiger partial charge in [0.25, 0.3) is 5.56 Å². The third-order valence-corrected chi connectivity index (χ3v) is 2.23. The summed E-state index contributed by atoms with van der Waals surface area (Å²) in [6.07, 6.45) is 0. The van der Waals surface area contributed by atoms with E-state index in [2.05, 4.69) is 9.97 Å². The van der Waals surface area contributed by atoms with Gasteiger partial charge >= 0.3 is 0 Å². The van der Waals surface area contributed by atoms with Crippen molar-refractivity contribution < 1.29 is 0 Å². The third kappa shape index (κ3) is 2.09. The Labute approximate surface area is 92.1 Å². The summed E-state index contributed by atoms with van der Waals surface area (Å²) < 4.78 is 0. The van der Waals surface area contributed by atoms with E-state index < -0.39 is 6.04 Å². The van der Waals surface area contributed by atoms with E-state index in [1.54, 1.807) is 0 Å². The molecule has 1 heterocycles. The second kappa shape index (κ2) is 4.16. The number of aromatic amines is 1. The van der Waals surface area contributed by atoms with Crippen LogP contribution < -0.4 is 17.0 Å². The van der Waals surface area contributed by atoms with E-state index in [0.717, 1.165) is 5.56 Å². The van der Waals surface area contributed by atoms with Crippen molar-refractivity contribution in [3.05, 3.63) is 58.1 Å². The van der Waals surface area contributed by atoms with Gasteiger partial charge in [0, 0.05) is 6.07 Å². The molecule has 2 aromatic rings. The van der Waals surface area contributed by atoms with Crippen molar-refractivity contribution in [2.24, 2.45) is 5.73 Å². The average molecular weight is 216 g/mol. The molecule has 16 heavy (non-hydrogen) atoms. The number of nitrogen functional groups attached to an aromatic ring is 1. The highest BCUT2D eigenvalue weighted by Crippen LogP contribution is 2.14. The summed E-state index contributed by atoms with van der Waals surface area (Å²) >= 11 is 0. The smallest absolute Gasteiger partial charge is 0.253 e. The average Bonchev–Trinajstić information content (AvgIpc) is 2.28. The highest BCUT2D eigenvalue weighted by atomic mass is 16.1. The van der Waals surface area contributed by atoms with Crippen molar-refractivity contribution in [3.8, 4) is 0 Å². The first-order chi connectivity index (χ1) is 7.66. The minimum Gasteiger partial charge on any atom is -0.383 e. The molecule has 2 rings (SSSR count). The van der Waals surface area contributed by atoms with Crippen LogP contribution in [0.2, 0.25) is 0 Å². The van der Waals surface area contributed by atoms with Gasteiger partial charge in [-0.3, -0.25) is 4.79 Å². The topological polar surface area (TPSA) is 97.8 Å². The maximum absolute atomic E-state index is 11.2. The van der Waals surface area contributed by atoms with E-state index in [1.165, 1.54) is 6.07 Å². The van der Waals surface area contributed by atoms with E-state index in [4.69, 9.17) is 11.5 Å². The number of hydrogen-bond donors (Lipinski definition) is 3. The number of hydrogen-bond acceptors (Lipinski definition) is 4. The minimum absolute atomic E-state index is 0.171. The molecule has 82 valence electrons. The number of nitrogens with two attached hydrogens (primary N) is 2. The first-order valence-electron chi connectivity index (χ1n) is 4.84. The first kappa shape index (κ1) is 10.4. The van der Waals surface area contributed by atoms with Gasteiger partial charge in [0.05, 0.1) is 6.04 Å². The van der Waals surface area contributed by atoms with Crippen LogP contribution in [0.15, 0.2) is 41.2 Å². The summed E-state index contributed by atoms with van der Waals surface area (Å²) in [7, 11) is 0. The lowest BCUT2D eigenvalue weighted by molar-refractivity contribution is 0.776. The van der Waals surface area contributed by atoms with Crippen LogP contribution in [0.5, 0.6) is 0 Å². The maximum Gasteiger partial charge on any atom is 0.253 e. The summed E-state index contributed by atoms with van der Waals surface area (Å²) in [6.45, 7) is 0. The summed E-state index contributed by atoms with van der Waals surface area (Å²) in [5.41, 5.74) is 12.0. The number of anilines is 1. The molecule has 0 aliphatic carbocycles. The Kier molecular flexibility index (Phi) is 2.70. The first-order valence-corrected chi connectivity index (χ1v) is 4.84. The predicted octanol–water partition coefficient (Wildman–Crippen LogP) is 0.400. The van der Waals surface area contributed by atoms with E-state index >= 15 is 0 Å². The lowest BCUT2D eigenvalue weighted by Gasteiger charge is -2.10. The molecule has 1 aromatic heterocycles. The van der Waals surface area contributed by atoms with Gasteiger partial charge in [-0.05, 0) is 5.56 Å². The minimum atomic E-state index is -0.475. The van der Waals surface area contributed by atoms with Crippen molar-refractivity contribution in [2.75, 3.05) is 5.73 Å². The molecular formula is C11H12N4O. The lowest BCUT2D eigenvalue weighted by atomic mass is 10.1. The monoisotopic (exact) mass is 216 g/mol. The SMILES string of the molecule is Nc1cc(=O)[nH]c(C(N)c2ccccc2)n1. The van der Waals surface area contributed by atoms with Crippen LogP contribution in [0.4, 0.5) is 5.82 Å². The highest BCUT2D eigenvalue weighted by Gasteiger charge is 2.11.